The molecule has 0 saturated carbocycles. The molecule has 2 rings (SSSR count). The summed E-state index contributed by atoms with van der Waals surface area (Å²) in [6, 6.07) is 0. The summed E-state index contributed by atoms with van der Waals surface area (Å²) < 4.78 is 8.33. The second-order valence-electron chi connectivity index (χ2n) is 3.91. The Balaban J connectivity index is 1.92. The predicted molar refractivity (Wildman–Crippen MR) is 67.2 cm³/mol. The van der Waals surface area contributed by atoms with Crippen molar-refractivity contribution in [2.45, 2.75) is 26.4 Å². The lowest BCUT2D eigenvalue weighted by Crippen LogP contribution is -2.11. The van der Waals surface area contributed by atoms with Crippen LogP contribution in [0.2, 0.25) is 0 Å². The van der Waals surface area contributed by atoms with E-state index in [-0.39, 0.29) is 5.69 Å². The van der Waals surface area contributed by atoms with Crippen LogP contribution in [0.1, 0.15) is 23.8 Å². The fourth-order valence-corrected chi connectivity index (χ4v) is 1.68. The molecule has 0 atom stereocenters. The third kappa shape index (κ3) is 3.09. The molecule has 0 radical (unpaired) electrons. The van der Waals surface area contributed by atoms with Gasteiger partial charge in [0.05, 0.1) is 19.1 Å². The summed E-state index contributed by atoms with van der Waals surface area (Å²) in [5.74, 6) is -0.160. The van der Waals surface area contributed by atoms with Crippen LogP contribution in [-0.4, -0.2) is 37.1 Å². The lowest BCUT2D eigenvalue weighted by Gasteiger charge is -2.05. The van der Waals surface area contributed by atoms with E-state index >= 15 is 0 Å². The first kappa shape index (κ1) is 13.1. The van der Waals surface area contributed by atoms with Crippen molar-refractivity contribution >= 4 is 11.8 Å². The minimum atomic E-state index is -0.491. The van der Waals surface area contributed by atoms with Gasteiger partial charge in [0.2, 0.25) is 0 Å². The third-order valence-electron chi connectivity index (χ3n) is 2.61. The molecule has 2 aromatic rings. The molecule has 0 amide bonds. The number of hydrogen-bond acceptors (Lipinski definition) is 6. The van der Waals surface area contributed by atoms with Gasteiger partial charge in [-0.15, -0.1) is 5.10 Å². The van der Waals surface area contributed by atoms with E-state index in [1.54, 1.807) is 34.9 Å². The summed E-state index contributed by atoms with van der Waals surface area (Å²) in [6.45, 7) is 3.42. The maximum atomic E-state index is 11.5. The van der Waals surface area contributed by atoms with Gasteiger partial charge in [0.15, 0.2) is 5.69 Å². The molecule has 0 aliphatic heterocycles. The number of rotatable bonds is 6. The maximum absolute atomic E-state index is 11.5. The van der Waals surface area contributed by atoms with Crippen molar-refractivity contribution < 1.29 is 9.53 Å². The van der Waals surface area contributed by atoms with Gasteiger partial charge in [-0.3, -0.25) is 4.68 Å². The van der Waals surface area contributed by atoms with Gasteiger partial charge in [0.1, 0.15) is 5.82 Å². The molecule has 0 bridgehead atoms. The number of anilines is 1. The number of ether oxygens (including phenoxy) is 1. The lowest BCUT2D eigenvalue weighted by atomic mass is 10.4. The van der Waals surface area contributed by atoms with E-state index in [0.717, 1.165) is 13.0 Å². The number of imidazole rings is 1. The van der Waals surface area contributed by atoms with Gasteiger partial charge in [-0.25, -0.2) is 9.78 Å². The smallest absolute Gasteiger partial charge is 0.360 e. The minimum Gasteiger partial charge on any atom is -0.461 e. The minimum absolute atomic E-state index is 0.169. The van der Waals surface area contributed by atoms with Crippen molar-refractivity contribution in [2.24, 2.45) is 0 Å². The molecule has 2 aromatic heterocycles. The number of hydrogen-bond donors (Lipinski definition) is 1. The van der Waals surface area contributed by atoms with Crippen molar-refractivity contribution in [3.8, 4) is 0 Å². The monoisotopic (exact) mass is 264 g/mol. The molecule has 0 aromatic carbocycles. The highest BCUT2D eigenvalue weighted by Gasteiger charge is 2.16. The summed E-state index contributed by atoms with van der Waals surface area (Å²) in [5, 5.41) is 7.59. The number of nitrogens with two attached hydrogens (primary N) is 1. The average molecular weight is 264 g/mol. The zero-order chi connectivity index (χ0) is 13.7. The molecule has 8 heteroatoms. The number of nitrogen functional groups attached to an aromatic ring is 1. The first-order chi connectivity index (χ1) is 9.22. The highest BCUT2D eigenvalue weighted by molar-refractivity contribution is 5.92. The summed E-state index contributed by atoms with van der Waals surface area (Å²) >= 11 is 0. The topological polar surface area (TPSA) is 101 Å². The van der Waals surface area contributed by atoms with Crippen LogP contribution in [-0.2, 0) is 17.8 Å². The van der Waals surface area contributed by atoms with Crippen LogP contribution in [0.3, 0.4) is 0 Å². The van der Waals surface area contributed by atoms with Crippen molar-refractivity contribution in [3.63, 3.8) is 0 Å². The van der Waals surface area contributed by atoms with Crippen LogP contribution in [0, 0.1) is 0 Å². The van der Waals surface area contributed by atoms with Crippen molar-refractivity contribution in [1.29, 1.82) is 0 Å². The summed E-state index contributed by atoms with van der Waals surface area (Å²) in [4.78, 5) is 15.5. The van der Waals surface area contributed by atoms with E-state index in [1.807, 2.05) is 0 Å². The molecule has 0 saturated heterocycles. The van der Waals surface area contributed by atoms with Gasteiger partial charge in [-0.2, -0.15) is 0 Å². The molecule has 8 nitrogen and oxygen atoms in total. The van der Waals surface area contributed by atoms with Gasteiger partial charge in [0, 0.05) is 19.3 Å². The van der Waals surface area contributed by atoms with Crippen LogP contribution >= 0.6 is 0 Å². The van der Waals surface area contributed by atoms with E-state index in [9.17, 15) is 4.79 Å². The van der Waals surface area contributed by atoms with E-state index in [1.165, 1.54) is 0 Å². The first-order valence-electron chi connectivity index (χ1n) is 6.04. The Morgan fingerprint density at radius 3 is 3.00 bits per heavy atom. The van der Waals surface area contributed by atoms with Gasteiger partial charge in [0.25, 0.3) is 0 Å². The molecule has 2 N–H and O–H groups in total. The van der Waals surface area contributed by atoms with Crippen LogP contribution < -0.4 is 5.73 Å². The van der Waals surface area contributed by atoms with E-state index in [2.05, 4.69) is 15.3 Å². The van der Waals surface area contributed by atoms with Crippen molar-refractivity contribution in [2.75, 3.05) is 12.3 Å². The number of carbonyl (C=O) groups is 1. The number of carbonyl (C=O) groups excluding carboxylic acids is 1. The van der Waals surface area contributed by atoms with Crippen molar-refractivity contribution in [3.05, 3.63) is 24.4 Å². The maximum Gasteiger partial charge on any atom is 0.360 e. The van der Waals surface area contributed by atoms with E-state index in [0.29, 0.717) is 19.0 Å². The Morgan fingerprint density at radius 2 is 2.32 bits per heavy atom. The molecule has 0 aliphatic rings. The SMILES string of the molecule is CCOC(=O)c1ncn(CCCn2ccnn2)c1N. The molecule has 0 aliphatic carbocycles. The molecule has 2 heterocycles. The molecule has 19 heavy (non-hydrogen) atoms. The zero-order valence-corrected chi connectivity index (χ0v) is 10.7. The van der Waals surface area contributed by atoms with Gasteiger partial charge < -0.3 is 15.0 Å². The number of aromatic nitrogens is 5. The van der Waals surface area contributed by atoms with Crippen LogP contribution in [0.4, 0.5) is 5.82 Å². The summed E-state index contributed by atoms with van der Waals surface area (Å²) in [7, 11) is 0. The molecular formula is C11H16N6O2. The molecule has 0 unspecified atom stereocenters. The van der Waals surface area contributed by atoms with Crippen LogP contribution in [0.25, 0.3) is 0 Å². The highest BCUT2D eigenvalue weighted by atomic mass is 16.5. The van der Waals surface area contributed by atoms with Gasteiger partial charge in [-0.1, -0.05) is 5.21 Å². The number of esters is 1. The number of nitrogens with zero attached hydrogens (tertiary/aromatic N) is 5. The Hall–Kier alpha value is -2.38. The van der Waals surface area contributed by atoms with E-state index < -0.39 is 5.97 Å². The second kappa shape index (κ2) is 5.98. The largest absolute Gasteiger partial charge is 0.461 e. The summed E-state index contributed by atoms with van der Waals surface area (Å²) in [5.41, 5.74) is 6.03. The number of aryl methyl sites for hydroxylation is 2. The standard InChI is InChI=1S/C11H16N6O2/c1-2-19-11(18)9-10(12)16(8-13-9)5-3-6-17-7-4-14-15-17/h4,7-8H,2-3,5-6,12H2,1H3. The molecular weight excluding hydrogens is 248 g/mol. The van der Waals surface area contributed by atoms with Crippen LogP contribution in [0.15, 0.2) is 18.7 Å². The first-order valence-corrected chi connectivity index (χ1v) is 6.04. The lowest BCUT2D eigenvalue weighted by molar-refractivity contribution is 0.0521. The molecule has 0 spiro atoms. The average Bonchev–Trinajstić information content (AvgIpc) is 3.01. The quantitative estimate of drug-likeness (QED) is 0.754. The highest BCUT2D eigenvalue weighted by Crippen LogP contribution is 2.12. The predicted octanol–water partition coefficient (Wildman–Crippen LogP) is 0.324. The van der Waals surface area contributed by atoms with Crippen molar-refractivity contribution in [1.82, 2.24) is 24.5 Å². The third-order valence-corrected chi connectivity index (χ3v) is 2.61. The molecule has 102 valence electrons. The Morgan fingerprint density at radius 1 is 1.47 bits per heavy atom. The Labute approximate surface area is 110 Å². The van der Waals surface area contributed by atoms with E-state index in [4.69, 9.17) is 10.5 Å². The fraction of sp³-hybridized carbons (Fsp3) is 0.455. The second-order valence-corrected chi connectivity index (χ2v) is 3.91. The van der Waals surface area contributed by atoms with Gasteiger partial charge >= 0.3 is 5.97 Å². The van der Waals surface area contributed by atoms with Crippen LogP contribution in [0.5, 0.6) is 0 Å². The normalized spacial score (nSPS) is 10.6. The van der Waals surface area contributed by atoms with Gasteiger partial charge in [-0.05, 0) is 13.3 Å². The molecule has 0 fully saturated rings. The summed E-state index contributed by atoms with van der Waals surface area (Å²) in [6.07, 6.45) is 5.78. The fourth-order valence-electron chi connectivity index (χ4n) is 1.68. The Kier molecular flexibility index (Phi) is 4.11. The zero-order valence-electron chi connectivity index (χ0n) is 10.7. The Bertz CT molecular complexity index is 533.